The Morgan fingerprint density at radius 3 is 2.57 bits per heavy atom. The van der Waals surface area contributed by atoms with Crippen molar-refractivity contribution in [3.8, 4) is 0 Å². The molecule has 2 aromatic rings. The third-order valence-electron chi connectivity index (χ3n) is 4.80. The van der Waals surface area contributed by atoms with E-state index in [-0.39, 0.29) is 0 Å². The SMILES string of the molecule is C=C(C)c1cc(C)c(C)cc1Cc1cccc2c1CCC2. The molecule has 0 radical (unpaired) electrons. The van der Waals surface area contributed by atoms with Gasteiger partial charge in [-0.15, -0.1) is 0 Å². The van der Waals surface area contributed by atoms with Crippen LogP contribution in [0.4, 0.5) is 0 Å². The van der Waals surface area contributed by atoms with Gasteiger partial charge in [0.15, 0.2) is 0 Å². The van der Waals surface area contributed by atoms with Gasteiger partial charge >= 0.3 is 0 Å². The molecule has 21 heavy (non-hydrogen) atoms. The lowest BCUT2D eigenvalue weighted by molar-refractivity contribution is 0.906. The number of benzene rings is 2. The van der Waals surface area contributed by atoms with Crippen molar-refractivity contribution in [3.05, 3.63) is 75.9 Å². The molecule has 0 bridgehead atoms. The standard InChI is InChI=1S/C21H24/c1-14(2)21-12-16(4)15(3)11-19(21)13-18-9-5-7-17-8-6-10-20(17)18/h5,7,9,11-12H,1,6,8,10,13H2,2-4H3. The molecule has 3 rings (SSSR count). The molecule has 2 aromatic carbocycles. The van der Waals surface area contributed by atoms with Crippen LogP contribution in [-0.2, 0) is 19.3 Å². The van der Waals surface area contributed by atoms with Crippen molar-refractivity contribution in [2.24, 2.45) is 0 Å². The summed E-state index contributed by atoms with van der Waals surface area (Å²) in [6.07, 6.45) is 4.85. The minimum atomic E-state index is 1.03. The normalized spacial score (nSPS) is 13.3. The van der Waals surface area contributed by atoms with Crippen molar-refractivity contribution >= 4 is 5.57 Å². The molecule has 0 nitrogen and oxygen atoms in total. The van der Waals surface area contributed by atoms with Crippen molar-refractivity contribution < 1.29 is 0 Å². The molecular weight excluding hydrogens is 252 g/mol. The lowest BCUT2D eigenvalue weighted by atomic mass is 9.90. The maximum atomic E-state index is 4.17. The average molecular weight is 276 g/mol. The van der Waals surface area contributed by atoms with E-state index in [0.717, 1.165) is 6.42 Å². The number of fused-ring (bicyclic) bond motifs is 1. The average Bonchev–Trinajstić information content (AvgIpc) is 2.91. The van der Waals surface area contributed by atoms with E-state index in [9.17, 15) is 0 Å². The second-order valence-electron chi connectivity index (χ2n) is 6.46. The first-order valence-corrected chi connectivity index (χ1v) is 7.92. The van der Waals surface area contributed by atoms with Crippen LogP contribution in [0, 0.1) is 13.8 Å². The summed E-state index contributed by atoms with van der Waals surface area (Å²) in [5, 5.41) is 0. The van der Waals surface area contributed by atoms with E-state index >= 15 is 0 Å². The summed E-state index contributed by atoms with van der Waals surface area (Å²) in [5.41, 5.74) is 11.3. The van der Waals surface area contributed by atoms with Crippen LogP contribution < -0.4 is 0 Å². The van der Waals surface area contributed by atoms with Crippen molar-refractivity contribution in [2.75, 3.05) is 0 Å². The number of hydrogen-bond acceptors (Lipinski definition) is 0. The zero-order valence-corrected chi connectivity index (χ0v) is 13.4. The third kappa shape index (κ3) is 2.68. The maximum absolute atomic E-state index is 4.17. The molecule has 0 amide bonds. The summed E-state index contributed by atoms with van der Waals surface area (Å²) in [7, 11) is 0. The molecule has 0 unspecified atom stereocenters. The predicted molar refractivity (Wildman–Crippen MR) is 91.9 cm³/mol. The molecule has 1 aliphatic rings. The van der Waals surface area contributed by atoms with Gasteiger partial charge in [-0.25, -0.2) is 0 Å². The molecule has 0 saturated heterocycles. The van der Waals surface area contributed by atoms with Gasteiger partial charge in [-0.3, -0.25) is 0 Å². The van der Waals surface area contributed by atoms with Gasteiger partial charge in [-0.05, 0) is 85.4 Å². The molecule has 0 fully saturated rings. The highest BCUT2D eigenvalue weighted by Crippen LogP contribution is 2.30. The zero-order chi connectivity index (χ0) is 15.0. The molecule has 0 atom stereocenters. The predicted octanol–water partition coefficient (Wildman–Crippen LogP) is 5.42. The van der Waals surface area contributed by atoms with Crippen molar-refractivity contribution in [1.29, 1.82) is 0 Å². The Morgan fingerprint density at radius 1 is 1.05 bits per heavy atom. The molecule has 0 N–H and O–H groups in total. The smallest absolute Gasteiger partial charge is 0.00168 e. The van der Waals surface area contributed by atoms with Crippen LogP contribution in [0.3, 0.4) is 0 Å². The number of hydrogen-bond donors (Lipinski definition) is 0. The van der Waals surface area contributed by atoms with Crippen LogP contribution in [0.5, 0.6) is 0 Å². The van der Waals surface area contributed by atoms with E-state index in [0.29, 0.717) is 0 Å². The Bertz CT molecular complexity index is 704. The molecular formula is C21H24. The van der Waals surface area contributed by atoms with Gasteiger partial charge in [-0.2, -0.15) is 0 Å². The molecule has 1 aliphatic carbocycles. The van der Waals surface area contributed by atoms with E-state index < -0.39 is 0 Å². The van der Waals surface area contributed by atoms with Gasteiger partial charge < -0.3 is 0 Å². The van der Waals surface area contributed by atoms with Gasteiger partial charge in [0.1, 0.15) is 0 Å². The Hall–Kier alpha value is -1.82. The van der Waals surface area contributed by atoms with Gasteiger partial charge in [0.25, 0.3) is 0 Å². The van der Waals surface area contributed by atoms with Crippen LogP contribution in [-0.4, -0.2) is 0 Å². The third-order valence-corrected chi connectivity index (χ3v) is 4.80. The van der Waals surface area contributed by atoms with Gasteiger partial charge in [0.2, 0.25) is 0 Å². The molecule has 0 heteroatoms. The highest BCUT2D eigenvalue weighted by molar-refractivity contribution is 5.66. The topological polar surface area (TPSA) is 0 Å². The van der Waals surface area contributed by atoms with Crippen LogP contribution in [0.1, 0.15) is 52.3 Å². The van der Waals surface area contributed by atoms with E-state index in [1.165, 1.54) is 52.7 Å². The first-order valence-electron chi connectivity index (χ1n) is 7.92. The molecule has 0 spiro atoms. The highest BCUT2D eigenvalue weighted by atomic mass is 14.2. The second kappa shape index (κ2) is 5.52. The van der Waals surface area contributed by atoms with Crippen molar-refractivity contribution in [2.45, 2.75) is 46.5 Å². The maximum Gasteiger partial charge on any atom is -0.00168 e. The first-order chi connectivity index (χ1) is 10.1. The number of rotatable bonds is 3. The Balaban J connectivity index is 2.04. The van der Waals surface area contributed by atoms with Crippen LogP contribution in [0.15, 0.2) is 36.9 Å². The largest absolute Gasteiger partial charge is 0.0955 e. The fourth-order valence-electron chi connectivity index (χ4n) is 3.49. The first kappa shape index (κ1) is 14.1. The fourth-order valence-corrected chi connectivity index (χ4v) is 3.49. The van der Waals surface area contributed by atoms with E-state index in [2.05, 4.69) is 57.7 Å². The van der Waals surface area contributed by atoms with Gasteiger partial charge in [-0.1, -0.05) is 42.5 Å². The molecule has 0 aliphatic heterocycles. The van der Waals surface area contributed by atoms with Gasteiger partial charge in [0, 0.05) is 0 Å². The summed E-state index contributed by atoms with van der Waals surface area (Å²) >= 11 is 0. The monoisotopic (exact) mass is 276 g/mol. The van der Waals surface area contributed by atoms with Gasteiger partial charge in [0.05, 0.1) is 0 Å². The summed E-state index contributed by atoms with van der Waals surface area (Å²) in [4.78, 5) is 0. The number of allylic oxidation sites excluding steroid dienone is 1. The Morgan fingerprint density at radius 2 is 1.81 bits per heavy atom. The zero-order valence-electron chi connectivity index (χ0n) is 13.4. The Labute approximate surface area is 128 Å². The van der Waals surface area contributed by atoms with Crippen LogP contribution in [0.2, 0.25) is 0 Å². The molecule has 0 aromatic heterocycles. The summed E-state index contributed by atoms with van der Waals surface area (Å²) in [6, 6.07) is 11.5. The number of aryl methyl sites for hydroxylation is 3. The Kier molecular flexibility index (Phi) is 3.71. The van der Waals surface area contributed by atoms with Crippen molar-refractivity contribution in [1.82, 2.24) is 0 Å². The quantitative estimate of drug-likeness (QED) is 0.702. The second-order valence-corrected chi connectivity index (χ2v) is 6.46. The summed E-state index contributed by atoms with van der Waals surface area (Å²) in [6.45, 7) is 10.7. The minimum Gasteiger partial charge on any atom is -0.0955 e. The molecule has 0 heterocycles. The molecule has 0 saturated carbocycles. The fraction of sp³-hybridized carbons (Fsp3) is 0.333. The van der Waals surface area contributed by atoms with Crippen LogP contribution in [0.25, 0.3) is 5.57 Å². The van der Waals surface area contributed by atoms with E-state index in [4.69, 9.17) is 0 Å². The summed E-state index contributed by atoms with van der Waals surface area (Å²) in [5.74, 6) is 0. The van der Waals surface area contributed by atoms with Crippen LogP contribution >= 0.6 is 0 Å². The van der Waals surface area contributed by atoms with E-state index in [1.54, 1.807) is 11.1 Å². The minimum absolute atomic E-state index is 1.03. The highest BCUT2D eigenvalue weighted by Gasteiger charge is 2.15. The molecule has 108 valence electrons. The van der Waals surface area contributed by atoms with E-state index in [1.807, 2.05) is 0 Å². The summed E-state index contributed by atoms with van der Waals surface area (Å²) < 4.78 is 0. The van der Waals surface area contributed by atoms with Crippen molar-refractivity contribution in [3.63, 3.8) is 0 Å². The lowest BCUT2D eigenvalue weighted by Crippen LogP contribution is -2.00. The lowest BCUT2D eigenvalue weighted by Gasteiger charge is -2.15.